The SMILES string of the molecule is C[C@@H](C(=O)OCc1ccc(C#N)cc1)N1C(=O)[C@@H]2CC=CC[C@H]2C1=O. The number of benzene rings is 1. The fourth-order valence-corrected chi connectivity index (χ4v) is 3.26. The van der Waals surface area contributed by atoms with Crippen LogP contribution in [0.15, 0.2) is 36.4 Å². The van der Waals surface area contributed by atoms with Gasteiger partial charge in [0, 0.05) is 0 Å². The summed E-state index contributed by atoms with van der Waals surface area (Å²) in [6, 6.07) is 7.74. The Labute approximate surface area is 145 Å². The van der Waals surface area contributed by atoms with Gasteiger partial charge in [0.2, 0.25) is 11.8 Å². The third-order valence-corrected chi connectivity index (χ3v) is 4.73. The lowest BCUT2D eigenvalue weighted by molar-refractivity contribution is -0.159. The largest absolute Gasteiger partial charge is 0.459 e. The molecule has 6 heteroatoms. The number of hydrogen-bond acceptors (Lipinski definition) is 5. The Bertz CT molecular complexity index is 750. The molecule has 0 unspecified atom stereocenters. The van der Waals surface area contributed by atoms with Crippen molar-refractivity contribution in [3.05, 3.63) is 47.5 Å². The fourth-order valence-electron chi connectivity index (χ4n) is 3.26. The van der Waals surface area contributed by atoms with Gasteiger partial charge in [-0.2, -0.15) is 5.26 Å². The molecule has 0 radical (unpaired) electrons. The molecule has 0 aromatic heterocycles. The average molecular weight is 338 g/mol. The van der Waals surface area contributed by atoms with E-state index >= 15 is 0 Å². The van der Waals surface area contributed by atoms with Crippen LogP contribution in [-0.2, 0) is 25.7 Å². The van der Waals surface area contributed by atoms with Crippen molar-refractivity contribution in [3.63, 3.8) is 0 Å². The van der Waals surface area contributed by atoms with Crippen molar-refractivity contribution in [2.45, 2.75) is 32.4 Å². The van der Waals surface area contributed by atoms with Gasteiger partial charge < -0.3 is 4.74 Å². The Morgan fingerprint density at radius 2 is 1.76 bits per heavy atom. The zero-order valence-electron chi connectivity index (χ0n) is 13.8. The number of carbonyl (C=O) groups excluding carboxylic acids is 3. The summed E-state index contributed by atoms with van der Waals surface area (Å²) in [4.78, 5) is 38.3. The van der Waals surface area contributed by atoms with Gasteiger partial charge in [0.1, 0.15) is 12.6 Å². The molecule has 2 amide bonds. The van der Waals surface area contributed by atoms with Crippen molar-refractivity contribution in [1.82, 2.24) is 4.90 Å². The van der Waals surface area contributed by atoms with Gasteiger partial charge in [-0.05, 0) is 37.5 Å². The molecule has 1 fully saturated rings. The van der Waals surface area contributed by atoms with E-state index in [1.807, 2.05) is 18.2 Å². The second-order valence-electron chi connectivity index (χ2n) is 6.29. The molecule has 1 aliphatic heterocycles. The van der Waals surface area contributed by atoms with E-state index in [1.54, 1.807) is 24.3 Å². The number of ether oxygens (including phenoxy) is 1. The van der Waals surface area contributed by atoms with Crippen molar-refractivity contribution in [2.75, 3.05) is 0 Å². The lowest BCUT2D eigenvalue weighted by Crippen LogP contribution is -2.44. The lowest BCUT2D eigenvalue weighted by atomic mass is 9.85. The van der Waals surface area contributed by atoms with E-state index in [0.29, 0.717) is 18.4 Å². The third-order valence-electron chi connectivity index (χ3n) is 4.73. The quantitative estimate of drug-likeness (QED) is 0.476. The zero-order chi connectivity index (χ0) is 18.0. The Balaban J connectivity index is 1.63. The molecule has 128 valence electrons. The van der Waals surface area contributed by atoms with Crippen LogP contribution in [-0.4, -0.2) is 28.7 Å². The molecule has 0 saturated carbocycles. The monoisotopic (exact) mass is 338 g/mol. The zero-order valence-corrected chi connectivity index (χ0v) is 13.8. The predicted molar refractivity (Wildman–Crippen MR) is 87.6 cm³/mol. The smallest absolute Gasteiger partial charge is 0.329 e. The minimum atomic E-state index is -0.941. The topological polar surface area (TPSA) is 87.5 Å². The van der Waals surface area contributed by atoms with E-state index < -0.39 is 12.0 Å². The number of carbonyl (C=O) groups is 3. The summed E-state index contributed by atoms with van der Waals surface area (Å²) in [5, 5.41) is 8.77. The molecule has 1 heterocycles. The predicted octanol–water partition coefficient (Wildman–Crippen LogP) is 1.94. The number of nitriles is 1. The van der Waals surface area contributed by atoms with Crippen LogP contribution in [0.5, 0.6) is 0 Å². The Hall–Kier alpha value is -2.94. The highest BCUT2D eigenvalue weighted by Crippen LogP contribution is 2.36. The Morgan fingerprint density at radius 3 is 2.28 bits per heavy atom. The molecule has 1 saturated heterocycles. The summed E-state index contributed by atoms with van der Waals surface area (Å²) in [6.45, 7) is 1.54. The van der Waals surface area contributed by atoms with Gasteiger partial charge in [0.15, 0.2) is 0 Å². The minimum Gasteiger partial charge on any atom is -0.459 e. The van der Waals surface area contributed by atoms with Crippen molar-refractivity contribution >= 4 is 17.8 Å². The van der Waals surface area contributed by atoms with E-state index in [2.05, 4.69) is 0 Å². The summed E-state index contributed by atoms with van der Waals surface area (Å²) in [5.74, 6) is -1.90. The number of esters is 1. The molecule has 2 aliphatic rings. The molecule has 6 nitrogen and oxygen atoms in total. The first-order valence-electron chi connectivity index (χ1n) is 8.20. The number of hydrogen-bond donors (Lipinski definition) is 0. The van der Waals surface area contributed by atoms with Gasteiger partial charge in [-0.25, -0.2) is 4.79 Å². The number of allylic oxidation sites excluding steroid dienone is 2. The first-order valence-corrected chi connectivity index (χ1v) is 8.20. The van der Waals surface area contributed by atoms with Gasteiger partial charge in [0.05, 0.1) is 23.5 Å². The van der Waals surface area contributed by atoms with Crippen molar-refractivity contribution < 1.29 is 19.1 Å². The summed E-state index contributed by atoms with van der Waals surface area (Å²) in [7, 11) is 0. The van der Waals surface area contributed by atoms with Crippen molar-refractivity contribution in [2.24, 2.45) is 11.8 Å². The summed E-state index contributed by atoms with van der Waals surface area (Å²) >= 11 is 0. The van der Waals surface area contributed by atoms with E-state index in [0.717, 1.165) is 10.5 Å². The molecule has 1 aliphatic carbocycles. The van der Waals surface area contributed by atoms with E-state index in [1.165, 1.54) is 6.92 Å². The van der Waals surface area contributed by atoms with Crippen LogP contribution in [0.2, 0.25) is 0 Å². The molecule has 0 bridgehead atoms. The van der Waals surface area contributed by atoms with Crippen LogP contribution in [0.3, 0.4) is 0 Å². The number of likely N-dealkylation sites (tertiary alicyclic amines) is 1. The second-order valence-corrected chi connectivity index (χ2v) is 6.29. The molecule has 0 spiro atoms. The summed E-state index contributed by atoms with van der Waals surface area (Å²) < 4.78 is 5.24. The molecule has 3 atom stereocenters. The number of imide groups is 1. The molecule has 0 N–H and O–H groups in total. The fraction of sp³-hybridized carbons (Fsp3) is 0.368. The highest BCUT2D eigenvalue weighted by atomic mass is 16.5. The highest BCUT2D eigenvalue weighted by Gasteiger charge is 2.50. The van der Waals surface area contributed by atoms with Gasteiger partial charge in [-0.1, -0.05) is 24.3 Å². The van der Waals surface area contributed by atoms with Gasteiger partial charge in [-0.3, -0.25) is 14.5 Å². The molecule has 3 rings (SSSR count). The number of rotatable bonds is 4. The maximum atomic E-state index is 12.5. The number of amides is 2. The van der Waals surface area contributed by atoms with E-state index in [-0.39, 0.29) is 30.3 Å². The maximum absolute atomic E-state index is 12.5. The molecular weight excluding hydrogens is 320 g/mol. The number of fused-ring (bicyclic) bond motifs is 1. The van der Waals surface area contributed by atoms with Gasteiger partial charge in [0.25, 0.3) is 0 Å². The van der Waals surface area contributed by atoms with Crippen LogP contribution in [0.1, 0.15) is 30.9 Å². The maximum Gasteiger partial charge on any atom is 0.329 e. The summed E-state index contributed by atoms with van der Waals surface area (Å²) in [6.07, 6.45) is 4.89. The normalized spacial score (nSPS) is 23.1. The second kappa shape index (κ2) is 6.89. The van der Waals surface area contributed by atoms with E-state index in [9.17, 15) is 14.4 Å². The molecular formula is C19H18N2O4. The molecule has 25 heavy (non-hydrogen) atoms. The molecule has 1 aromatic carbocycles. The molecule has 1 aromatic rings. The number of nitrogens with zero attached hydrogens (tertiary/aromatic N) is 2. The first-order chi connectivity index (χ1) is 12.0. The van der Waals surface area contributed by atoms with Gasteiger partial charge >= 0.3 is 5.97 Å². The van der Waals surface area contributed by atoms with Crippen molar-refractivity contribution in [1.29, 1.82) is 5.26 Å². The van der Waals surface area contributed by atoms with Gasteiger partial charge in [-0.15, -0.1) is 0 Å². The van der Waals surface area contributed by atoms with Crippen LogP contribution in [0.4, 0.5) is 0 Å². The average Bonchev–Trinajstić information content (AvgIpc) is 2.90. The Morgan fingerprint density at radius 1 is 1.20 bits per heavy atom. The highest BCUT2D eigenvalue weighted by molar-refractivity contribution is 6.08. The van der Waals surface area contributed by atoms with Crippen LogP contribution in [0, 0.1) is 23.2 Å². The Kier molecular flexibility index (Phi) is 4.66. The van der Waals surface area contributed by atoms with Crippen LogP contribution < -0.4 is 0 Å². The third kappa shape index (κ3) is 3.18. The standard InChI is InChI=1S/C19H18N2O4/c1-12(19(24)25-11-14-8-6-13(10-20)7-9-14)21-17(22)15-4-2-3-5-16(15)18(21)23/h2-3,6-9,12,15-16H,4-5,11H2,1H3/t12-,15+,16+/m0/s1. The van der Waals surface area contributed by atoms with Crippen molar-refractivity contribution in [3.8, 4) is 6.07 Å². The summed E-state index contributed by atoms with van der Waals surface area (Å²) in [5.41, 5.74) is 1.25. The minimum absolute atomic E-state index is 0.0273. The lowest BCUT2D eigenvalue weighted by Gasteiger charge is -2.21. The van der Waals surface area contributed by atoms with E-state index in [4.69, 9.17) is 10.00 Å². The van der Waals surface area contributed by atoms with Crippen LogP contribution >= 0.6 is 0 Å². The van der Waals surface area contributed by atoms with Crippen LogP contribution in [0.25, 0.3) is 0 Å². The first kappa shape index (κ1) is 16.9.